The van der Waals surface area contributed by atoms with Crippen LogP contribution in [0.3, 0.4) is 0 Å². The van der Waals surface area contributed by atoms with Gasteiger partial charge >= 0.3 is 5.97 Å². The van der Waals surface area contributed by atoms with Crippen molar-refractivity contribution >= 4 is 17.1 Å². The van der Waals surface area contributed by atoms with E-state index in [0.29, 0.717) is 5.57 Å². The van der Waals surface area contributed by atoms with Crippen molar-refractivity contribution in [1.82, 2.24) is 0 Å². The predicted octanol–water partition coefficient (Wildman–Crippen LogP) is 5.07. The van der Waals surface area contributed by atoms with E-state index in [2.05, 4.69) is 0 Å². The molecule has 1 aliphatic heterocycles. The molecular formula is C23H18O2. The molecule has 0 fully saturated rings. The second-order valence-corrected chi connectivity index (χ2v) is 6.27. The monoisotopic (exact) mass is 326 g/mol. The number of rotatable bonds is 3. The van der Waals surface area contributed by atoms with Crippen LogP contribution in [0.4, 0.5) is 0 Å². The zero-order valence-electron chi connectivity index (χ0n) is 14.0. The summed E-state index contributed by atoms with van der Waals surface area (Å²) in [5.41, 5.74) is 3.58. The van der Waals surface area contributed by atoms with Gasteiger partial charge in [0.25, 0.3) is 0 Å². The molecule has 1 heterocycles. The Labute approximate surface area is 147 Å². The summed E-state index contributed by atoms with van der Waals surface area (Å²) in [6.45, 7) is 1.97. The predicted molar refractivity (Wildman–Crippen MR) is 99.6 cm³/mol. The highest BCUT2D eigenvalue weighted by atomic mass is 16.6. The SMILES string of the molecule is CC1(c2ccccc2)OC(=O)C(c2ccccc2)=C1c1ccccc1. The maximum absolute atomic E-state index is 12.9. The highest BCUT2D eigenvalue weighted by Crippen LogP contribution is 2.49. The number of esters is 1. The molecule has 3 aromatic rings. The lowest BCUT2D eigenvalue weighted by molar-refractivity contribution is -0.143. The number of carbonyl (C=O) groups excluding carboxylic acids is 1. The summed E-state index contributed by atoms with van der Waals surface area (Å²) in [6, 6.07) is 29.7. The van der Waals surface area contributed by atoms with Gasteiger partial charge in [0.2, 0.25) is 0 Å². The van der Waals surface area contributed by atoms with Crippen LogP contribution in [0, 0.1) is 0 Å². The van der Waals surface area contributed by atoms with E-state index >= 15 is 0 Å². The average molecular weight is 326 g/mol. The third-order valence-corrected chi connectivity index (χ3v) is 4.68. The van der Waals surface area contributed by atoms with Gasteiger partial charge in [0, 0.05) is 5.57 Å². The third kappa shape index (κ3) is 2.56. The molecule has 0 aliphatic carbocycles. The zero-order valence-corrected chi connectivity index (χ0v) is 14.0. The Morgan fingerprint density at radius 3 is 1.72 bits per heavy atom. The average Bonchev–Trinajstić information content (AvgIpc) is 2.95. The van der Waals surface area contributed by atoms with Crippen LogP contribution >= 0.6 is 0 Å². The first-order chi connectivity index (χ1) is 12.2. The molecule has 0 saturated heterocycles. The van der Waals surface area contributed by atoms with Gasteiger partial charge in [0.1, 0.15) is 0 Å². The van der Waals surface area contributed by atoms with Crippen molar-refractivity contribution in [2.24, 2.45) is 0 Å². The minimum atomic E-state index is -0.815. The molecule has 25 heavy (non-hydrogen) atoms. The summed E-state index contributed by atoms with van der Waals surface area (Å²) in [7, 11) is 0. The molecule has 0 radical (unpaired) electrons. The van der Waals surface area contributed by atoms with Crippen LogP contribution < -0.4 is 0 Å². The molecule has 0 saturated carbocycles. The van der Waals surface area contributed by atoms with Gasteiger partial charge in [0.15, 0.2) is 5.60 Å². The highest BCUT2D eigenvalue weighted by Gasteiger charge is 2.46. The first-order valence-corrected chi connectivity index (χ1v) is 8.34. The van der Waals surface area contributed by atoms with Crippen molar-refractivity contribution in [2.45, 2.75) is 12.5 Å². The number of hydrogen-bond acceptors (Lipinski definition) is 2. The van der Waals surface area contributed by atoms with E-state index < -0.39 is 5.60 Å². The minimum absolute atomic E-state index is 0.281. The second-order valence-electron chi connectivity index (χ2n) is 6.27. The minimum Gasteiger partial charge on any atom is -0.446 e. The Hall–Kier alpha value is -3.13. The van der Waals surface area contributed by atoms with E-state index in [-0.39, 0.29) is 5.97 Å². The Morgan fingerprint density at radius 1 is 0.680 bits per heavy atom. The smallest absolute Gasteiger partial charge is 0.340 e. The fourth-order valence-corrected chi connectivity index (χ4v) is 3.48. The van der Waals surface area contributed by atoms with Crippen molar-refractivity contribution in [3.05, 3.63) is 108 Å². The maximum atomic E-state index is 12.9. The lowest BCUT2D eigenvalue weighted by Gasteiger charge is -2.27. The van der Waals surface area contributed by atoms with Gasteiger partial charge in [-0.15, -0.1) is 0 Å². The molecule has 0 spiro atoms. The molecular weight excluding hydrogens is 308 g/mol. The van der Waals surface area contributed by atoms with Crippen LogP contribution in [0.2, 0.25) is 0 Å². The van der Waals surface area contributed by atoms with E-state index in [4.69, 9.17) is 4.74 Å². The number of hydrogen-bond donors (Lipinski definition) is 0. The molecule has 0 N–H and O–H groups in total. The molecule has 1 unspecified atom stereocenters. The molecule has 1 atom stereocenters. The number of carbonyl (C=O) groups is 1. The molecule has 3 aromatic carbocycles. The molecule has 0 aromatic heterocycles. The lowest BCUT2D eigenvalue weighted by Crippen LogP contribution is -2.24. The fraction of sp³-hybridized carbons (Fsp3) is 0.0870. The van der Waals surface area contributed by atoms with Crippen molar-refractivity contribution in [3.63, 3.8) is 0 Å². The number of benzene rings is 3. The molecule has 0 amide bonds. The van der Waals surface area contributed by atoms with E-state index in [1.165, 1.54) is 0 Å². The van der Waals surface area contributed by atoms with Gasteiger partial charge < -0.3 is 4.74 Å². The summed E-state index contributed by atoms with van der Waals surface area (Å²) in [6.07, 6.45) is 0. The molecule has 122 valence electrons. The topological polar surface area (TPSA) is 26.3 Å². The maximum Gasteiger partial charge on any atom is 0.340 e. The van der Waals surface area contributed by atoms with Crippen LogP contribution in [-0.4, -0.2) is 5.97 Å². The van der Waals surface area contributed by atoms with Gasteiger partial charge in [-0.05, 0) is 23.6 Å². The first-order valence-electron chi connectivity index (χ1n) is 8.34. The van der Waals surface area contributed by atoms with Crippen molar-refractivity contribution in [2.75, 3.05) is 0 Å². The van der Waals surface area contributed by atoms with Gasteiger partial charge in [-0.3, -0.25) is 0 Å². The molecule has 0 bridgehead atoms. The summed E-state index contributed by atoms with van der Waals surface area (Å²) in [5, 5.41) is 0. The summed E-state index contributed by atoms with van der Waals surface area (Å²) in [5.74, 6) is -0.281. The first kappa shape index (κ1) is 15.4. The summed E-state index contributed by atoms with van der Waals surface area (Å²) >= 11 is 0. The lowest BCUT2D eigenvalue weighted by atomic mass is 9.81. The normalized spacial score (nSPS) is 19.8. The molecule has 2 nitrogen and oxygen atoms in total. The Kier molecular flexibility index (Phi) is 3.73. The fourth-order valence-electron chi connectivity index (χ4n) is 3.48. The molecule has 1 aliphatic rings. The highest BCUT2D eigenvalue weighted by molar-refractivity contribution is 6.28. The van der Waals surface area contributed by atoms with Crippen LogP contribution in [-0.2, 0) is 15.1 Å². The van der Waals surface area contributed by atoms with E-state index in [1.807, 2.05) is 97.9 Å². The summed E-state index contributed by atoms with van der Waals surface area (Å²) < 4.78 is 5.96. The van der Waals surface area contributed by atoms with Gasteiger partial charge in [-0.2, -0.15) is 0 Å². The Balaban J connectivity index is 2.02. The van der Waals surface area contributed by atoms with Crippen molar-refractivity contribution in [3.8, 4) is 0 Å². The van der Waals surface area contributed by atoms with Crippen LogP contribution in [0.15, 0.2) is 91.0 Å². The van der Waals surface area contributed by atoms with Crippen LogP contribution in [0.1, 0.15) is 23.6 Å². The van der Waals surface area contributed by atoms with Crippen LogP contribution in [0.5, 0.6) is 0 Å². The second kappa shape index (κ2) is 6.06. The number of ether oxygens (including phenoxy) is 1. The van der Waals surface area contributed by atoms with Crippen molar-refractivity contribution in [1.29, 1.82) is 0 Å². The van der Waals surface area contributed by atoms with Gasteiger partial charge in [-0.1, -0.05) is 91.0 Å². The quantitative estimate of drug-likeness (QED) is 0.628. The largest absolute Gasteiger partial charge is 0.446 e. The van der Waals surface area contributed by atoms with E-state index in [0.717, 1.165) is 22.3 Å². The Morgan fingerprint density at radius 2 is 1.16 bits per heavy atom. The van der Waals surface area contributed by atoms with Gasteiger partial charge in [-0.25, -0.2) is 4.79 Å². The zero-order chi connectivity index (χ0) is 17.3. The van der Waals surface area contributed by atoms with E-state index in [9.17, 15) is 4.79 Å². The molecule has 4 rings (SSSR count). The standard InChI is InChI=1S/C23H18O2/c1-23(19-15-9-4-10-16-19)21(18-13-7-3-8-14-18)20(22(24)25-23)17-11-5-2-6-12-17/h2-16H,1H3. The molecule has 2 heteroatoms. The van der Waals surface area contributed by atoms with E-state index in [1.54, 1.807) is 0 Å². The van der Waals surface area contributed by atoms with Gasteiger partial charge in [0.05, 0.1) is 5.57 Å². The van der Waals surface area contributed by atoms with Crippen LogP contribution in [0.25, 0.3) is 11.1 Å². The summed E-state index contributed by atoms with van der Waals surface area (Å²) in [4.78, 5) is 12.9. The Bertz CT molecular complexity index is 928. The third-order valence-electron chi connectivity index (χ3n) is 4.68. The number of cyclic esters (lactones) is 1. The van der Waals surface area contributed by atoms with Crippen molar-refractivity contribution < 1.29 is 9.53 Å².